The van der Waals surface area contributed by atoms with Crippen LogP contribution in [0.5, 0.6) is 0 Å². The number of hydrogen-bond donors (Lipinski definition) is 0. The summed E-state index contributed by atoms with van der Waals surface area (Å²) in [5.41, 5.74) is -2.13. The Morgan fingerprint density at radius 1 is 0.944 bits per heavy atom. The predicted molar refractivity (Wildman–Crippen MR) is 126 cm³/mol. The number of epoxide rings is 1. The van der Waals surface area contributed by atoms with Crippen molar-refractivity contribution >= 4 is 23.7 Å². The first-order valence-electron chi connectivity index (χ1n) is 12.6. The third kappa shape index (κ3) is 3.81. The van der Waals surface area contributed by atoms with Crippen molar-refractivity contribution in [3.05, 3.63) is 11.6 Å². The molecule has 9 nitrogen and oxygen atoms in total. The molecule has 0 N–H and O–H groups in total. The fourth-order valence-corrected chi connectivity index (χ4v) is 7.33. The predicted octanol–water partition coefficient (Wildman–Crippen LogP) is 2.78. The van der Waals surface area contributed by atoms with Gasteiger partial charge >= 0.3 is 17.9 Å². The van der Waals surface area contributed by atoms with Gasteiger partial charge in [0.2, 0.25) is 0 Å². The molecule has 10 atom stereocenters. The van der Waals surface area contributed by atoms with E-state index in [-0.39, 0.29) is 29.0 Å². The van der Waals surface area contributed by atoms with Crippen LogP contribution in [0.15, 0.2) is 11.6 Å². The molecule has 0 spiro atoms. The van der Waals surface area contributed by atoms with Crippen molar-refractivity contribution in [2.75, 3.05) is 7.11 Å². The van der Waals surface area contributed by atoms with Crippen molar-refractivity contribution in [1.82, 2.24) is 0 Å². The molecule has 9 heteroatoms. The van der Waals surface area contributed by atoms with E-state index in [1.54, 1.807) is 20.1 Å². The molecular formula is C27H38O9. The summed E-state index contributed by atoms with van der Waals surface area (Å²) >= 11 is 0. The molecule has 0 amide bonds. The van der Waals surface area contributed by atoms with Gasteiger partial charge in [-0.2, -0.15) is 0 Å². The van der Waals surface area contributed by atoms with Crippen molar-refractivity contribution in [3.63, 3.8) is 0 Å². The number of hydrogen-bond acceptors (Lipinski definition) is 9. The molecule has 36 heavy (non-hydrogen) atoms. The number of esters is 3. The first-order valence-corrected chi connectivity index (χ1v) is 12.6. The van der Waals surface area contributed by atoms with E-state index >= 15 is 0 Å². The summed E-state index contributed by atoms with van der Waals surface area (Å²) in [6.45, 7) is 13.6. The van der Waals surface area contributed by atoms with Gasteiger partial charge < -0.3 is 23.7 Å². The van der Waals surface area contributed by atoms with Crippen molar-refractivity contribution in [2.45, 2.75) is 97.4 Å². The first kappa shape index (κ1) is 26.8. The third-order valence-electron chi connectivity index (χ3n) is 8.84. The average molecular weight is 507 g/mol. The second kappa shape index (κ2) is 8.65. The van der Waals surface area contributed by atoms with Crippen LogP contribution >= 0.6 is 0 Å². The molecule has 0 aromatic carbocycles. The summed E-state index contributed by atoms with van der Waals surface area (Å²) in [6, 6.07) is 0. The summed E-state index contributed by atoms with van der Waals surface area (Å²) in [5.74, 6) is -2.80. The van der Waals surface area contributed by atoms with Gasteiger partial charge in [0.1, 0.15) is 24.4 Å². The lowest BCUT2D eigenvalue weighted by molar-refractivity contribution is -0.155. The van der Waals surface area contributed by atoms with Gasteiger partial charge in [-0.25, -0.2) is 0 Å². The van der Waals surface area contributed by atoms with E-state index in [9.17, 15) is 19.2 Å². The molecule has 2 saturated carbocycles. The standard InChI is InChI=1S/C27H38O9/c1-12-10-27-24(35-17(6)30)13(2)11-26(27,36-27)23(31)14(3)21(34-16(5)29)18-19(25(18,7)8)22(32-9)20(12)33-15(4)28/h10,13-14,18-22,24H,11H2,1-9H3/b12-10-/t13-,14-,18-,19+,20+,21-,22+,24-,26-,27-/m0/s1. The summed E-state index contributed by atoms with van der Waals surface area (Å²) in [6.07, 6.45) is -0.589. The molecular weight excluding hydrogens is 468 g/mol. The minimum atomic E-state index is -1.23. The number of Topliss-reactive ketones (excluding diaryl/α,β-unsaturated/α-hetero) is 1. The van der Waals surface area contributed by atoms with Crippen LogP contribution in [0.2, 0.25) is 0 Å². The van der Waals surface area contributed by atoms with E-state index in [0.717, 1.165) is 0 Å². The van der Waals surface area contributed by atoms with Crippen LogP contribution < -0.4 is 0 Å². The lowest BCUT2D eigenvalue weighted by atomic mass is 9.80. The normalized spacial score (nSPS) is 46.0. The number of carbonyl (C=O) groups is 4. The Kier molecular flexibility index (Phi) is 6.44. The molecule has 3 fully saturated rings. The Balaban J connectivity index is 1.91. The topological polar surface area (TPSA) is 118 Å². The first-order chi connectivity index (χ1) is 16.6. The Morgan fingerprint density at radius 2 is 1.50 bits per heavy atom. The largest absolute Gasteiger partial charge is 0.461 e. The molecule has 1 aliphatic heterocycles. The second-order valence-electron chi connectivity index (χ2n) is 11.7. The van der Waals surface area contributed by atoms with Gasteiger partial charge in [-0.1, -0.05) is 27.7 Å². The molecule has 0 aromatic rings. The van der Waals surface area contributed by atoms with Gasteiger partial charge in [-0.15, -0.1) is 0 Å². The molecule has 0 unspecified atom stereocenters. The Morgan fingerprint density at radius 3 is 2.03 bits per heavy atom. The Hall–Kier alpha value is -2.26. The number of ether oxygens (including phenoxy) is 5. The smallest absolute Gasteiger partial charge is 0.303 e. The van der Waals surface area contributed by atoms with E-state index < -0.39 is 59.4 Å². The lowest BCUT2D eigenvalue weighted by Crippen LogP contribution is -2.43. The van der Waals surface area contributed by atoms with Crippen LogP contribution in [0, 0.1) is 29.1 Å². The third-order valence-corrected chi connectivity index (χ3v) is 8.84. The van der Waals surface area contributed by atoms with Crippen LogP contribution in [0.3, 0.4) is 0 Å². The van der Waals surface area contributed by atoms with Crippen LogP contribution in [0.25, 0.3) is 0 Å². The molecule has 4 rings (SSSR count). The second-order valence-corrected chi connectivity index (χ2v) is 11.7. The van der Waals surface area contributed by atoms with Gasteiger partial charge in [-0.05, 0) is 36.3 Å². The molecule has 1 saturated heterocycles. The highest BCUT2D eigenvalue weighted by Crippen LogP contribution is 2.68. The van der Waals surface area contributed by atoms with Gasteiger partial charge in [0, 0.05) is 39.7 Å². The van der Waals surface area contributed by atoms with Crippen molar-refractivity contribution in [2.24, 2.45) is 29.1 Å². The Bertz CT molecular complexity index is 1010. The van der Waals surface area contributed by atoms with Crippen LogP contribution in [0.1, 0.15) is 61.8 Å². The molecule has 1 heterocycles. The SMILES string of the molecule is CO[C@@H]1[C@H]2[C@@H]([C@@H](OC(C)=O)[C@H](C)C(=O)[C@@]34C[C@H](C)[C@H](OC(C)=O)[C@]3(/C=C(/C)[C@H]1OC(C)=O)O4)C2(C)C. The van der Waals surface area contributed by atoms with E-state index in [1.165, 1.54) is 20.8 Å². The molecule has 4 aliphatic rings. The molecule has 0 aromatic heterocycles. The zero-order chi connectivity index (χ0) is 27.0. The highest BCUT2D eigenvalue weighted by atomic mass is 16.7. The monoisotopic (exact) mass is 506 g/mol. The lowest BCUT2D eigenvalue weighted by Gasteiger charge is -2.30. The van der Waals surface area contributed by atoms with Gasteiger partial charge in [0.05, 0.1) is 5.92 Å². The summed E-state index contributed by atoms with van der Waals surface area (Å²) in [7, 11) is 1.56. The fraction of sp³-hybridized carbons (Fsp3) is 0.778. The number of carbonyl (C=O) groups excluding carboxylic acids is 4. The maximum atomic E-state index is 14.2. The summed E-state index contributed by atoms with van der Waals surface area (Å²) < 4.78 is 29.6. The molecule has 0 bridgehead atoms. The van der Waals surface area contributed by atoms with Crippen LogP contribution in [-0.4, -0.2) is 66.4 Å². The molecule has 0 radical (unpaired) electrons. The maximum Gasteiger partial charge on any atom is 0.303 e. The van der Waals surface area contributed by atoms with Crippen LogP contribution in [-0.2, 0) is 42.9 Å². The molecule has 3 aliphatic carbocycles. The van der Waals surface area contributed by atoms with E-state index in [1.807, 2.05) is 27.7 Å². The van der Waals surface area contributed by atoms with Crippen LogP contribution in [0.4, 0.5) is 0 Å². The minimum Gasteiger partial charge on any atom is -0.461 e. The number of rotatable bonds is 4. The zero-order valence-electron chi connectivity index (χ0n) is 22.6. The van der Waals surface area contributed by atoms with Crippen molar-refractivity contribution in [3.8, 4) is 0 Å². The van der Waals surface area contributed by atoms with Gasteiger partial charge in [0.15, 0.2) is 17.0 Å². The highest BCUT2D eigenvalue weighted by molar-refractivity contribution is 5.96. The zero-order valence-corrected chi connectivity index (χ0v) is 22.6. The van der Waals surface area contributed by atoms with E-state index in [2.05, 4.69) is 0 Å². The van der Waals surface area contributed by atoms with E-state index in [4.69, 9.17) is 23.7 Å². The van der Waals surface area contributed by atoms with Crippen molar-refractivity contribution in [1.29, 1.82) is 0 Å². The Labute approximate surface area is 212 Å². The van der Waals surface area contributed by atoms with E-state index in [0.29, 0.717) is 12.0 Å². The number of ketones is 1. The summed E-state index contributed by atoms with van der Waals surface area (Å²) in [4.78, 5) is 50.5. The number of fused-ring (bicyclic) bond motifs is 1. The molecule has 200 valence electrons. The fourth-order valence-electron chi connectivity index (χ4n) is 7.33. The maximum absolute atomic E-state index is 14.2. The highest BCUT2D eigenvalue weighted by Gasteiger charge is 2.84. The number of methoxy groups -OCH3 is 1. The minimum absolute atomic E-state index is 0.150. The average Bonchev–Trinajstić information content (AvgIpc) is 3.54. The van der Waals surface area contributed by atoms with Gasteiger partial charge in [0.25, 0.3) is 0 Å². The summed E-state index contributed by atoms with van der Waals surface area (Å²) in [5, 5.41) is 0. The quantitative estimate of drug-likeness (QED) is 0.245. The van der Waals surface area contributed by atoms with Crippen molar-refractivity contribution < 1.29 is 42.9 Å². The van der Waals surface area contributed by atoms with Gasteiger partial charge in [-0.3, -0.25) is 19.2 Å².